The van der Waals surface area contributed by atoms with E-state index in [9.17, 15) is 0 Å². The molecule has 0 fully saturated rings. The molecule has 8 aromatic carbocycles. The molecule has 5 nitrogen and oxygen atoms in total. The highest BCUT2D eigenvalue weighted by Crippen LogP contribution is 2.38. The molecule has 0 bridgehead atoms. The van der Waals surface area contributed by atoms with E-state index in [1.165, 1.54) is 16.3 Å². The molecule has 0 atom stereocenters. The zero-order valence-corrected chi connectivity index (χ0v) is 30.2. The van der Waals surface area contributed by atoms with Crippen molar-refractivity contribution in [3.05, 3.63) is 194 Å². The summed E-state index contributed by atoms with van der Waals surface area (Å²) >= 11 is 0. The Morgan fingerprint density at radius 1 is 0.304 bits per heavy atom. The molecule has 3 heterocycles. The zero-order valence-electron chi connectivity index (χ0n) is 30.2. The maximum atomic E-state index is 6.23. The van der Waals surface area contributed by atoms with E-state index in [4.69, 9.17) is 19.4 Å². The first kappa shape index (κ1) is 31.9. The largest absolute Gasteiger partial charge is 0.456 e. The topological polar surface area (TPSA) is 56.7 Å². The van der Waals surface area contributed by atoms with Gasteiger partial charge in [-0.15, -0.1) is 0 Å². The van der Waals surface area contributed by atoms with Crippen molar-refractivity contribution in [3.63, 3.8) is 0 Å². The second-order valence-corrected chi connectivity index (χ2v) is 14.1. The first-order valence-electron chi connectivity index (χ1n) is 18.8. The van der Waals surface area contributed by atoms with Crippen molar-refractivity contribution < 1.29 is 4.42 Å². The van der Waals surface area contributed by atoms with E-state index >= 15 is 0 Å². The van der Waals surface area contributed by atoms with Gasteiger partial charge >= 0.3 is 0 Å². The van der Waals surface area contributed by atoms with Crippen molar-refractivity contribution >= 4 is 43.7 Å². The highest BCUT2D eigenvalue weighted by molar-refractivity contribution is 6.11. The third-order valence-corrected chi connectivity index (χ3v) is 10.7. The lowest BCUT2D eigenvalue weighted by Crippen LogP contribution is -2.00. The Morgan fingerprint density at radius 2 is 0.821 bits per heavy atom. The van der Waals surface area contributed by atoms with Gasteiger partial charge in [0.2, 0.25) is 0 Å². The molecule has 0 saturated carbocycles. The predicted octanol–water partition coefficient (Wildman–Crippen LogP) is 13.2. The number of rotatable bonds is 6. The van der Waals surface area contributed by atoms with Crippen LogP contribution in [0.3, 0.4) is 0 Å². The average Bonchev–Trinajstić information content (AvgIpc) is 3.82. The Morgan fingerprint density at radius 3 is 1.57 bits per heavy atom. The summed E-state index contributed by atoms with van der Waals surface area (Å²) in [6, 6.07) is 67.6. The van der Waals surface area contributed by atoms with Crippen molar-refractivity contribution in [1.82, 2.24) is 19.5 Å². The summed E-state index contributed by atoms with van der Waals surface area (Å²) in [7, 11) is 0. The van der Waals surface area contributed by atoms with Crippen molar-refractivity contribution in [2.45, 2.75) is 0 Å². The zero-order chi connectivity index (χ0) is 37.0. The van der Waals surface area contributed by atoms with Gasteiger partial charge in [0.1, 0.15) is 11.2 Å². The summed E-state index contributed by atoms with van der Waals surface area (Å²) in [5.41, 5.74) is 12.6. The number of hydrogen-bond acceptors (Lipinski definition) is 4. The molecular formula is C51H32N4O. The minimum atomic E-state index is 0.637. The lowest BCUT2D eigenvalue weighted by Gasteiger charge is -2.11. The fraction of sp³-hybridized carbons (Fsp3) is 0. The van der Waals surface area contributed by atoms with Gasteiger partial charge < -0.3 is 8.98 Å². The Labute approximate surface area is 322 Å². The monoisotopic (exact) mass is 716 g/mol. The number of fused-ring (bicyclic) bond motifs is 6. The normalized spacial score (nSPS) is 11.6. The Balaban J connectivity index is 0.958. The minimum absolute atomic E-state index is 0.637. The molecule has 0 amide bonds. The molecule has 0 saturated heterocycles. The maximum absolute atomic E-state index is 6.23. The Kier molecular flexibility index (Phi) is 7.42. The van der Waals surface area contributed by atoms with E-state index in [-0.39, 0.29) is 0 Å². The first-order chi connectivity index (χ1) is 27.7. The van der Waals surface area contributed by atoms with Crippen LogP contribution in [0.15, 0.2) is 199 Å². The van der Waals surface area contributed by atoms with E-state index in [0.717, 1.165) is 72.1 Å². The van der Waals surface area contributed by atoms with Crippen LogP contribution >= 0.6 is 0 Å². The molecule has 56 heavy (non-hydrogen) atoms. The Hall–Kier alpha value is -7.63. The molecular weight excluding hydrogens is 685 g/mol. The highest BCUT2D eigenvalue weighted by atomic mass is 16.3. The third kappa shape index (κ3) is 5.45. The number of benzene rings is 8. The lowest BCUT2D eigenvalue weighted by molar-refractivity contribution is 0.669. The van der Waals surface area contributed by atoms with E-state index in [2.05, 4.69) is 126 Å². The molecule has 5 heteroatoms. The van der Waals surface area contributed by atoms with Crippen molar-refractivity contribution in [3.8, 4) is 62.1 Å². The molecule has 0 spiro atoms. The Bertz CT molecular complexity index is 3180. The van der Waals surface area contributed by atoms with Crippen LogP contribution in [0.5, 0.6) is 0 Å². The maximum Gasteiger partial charge on any atom is 0.164 e. The standard InChI is InChI=1S/C51H32N4O/c1-3-12-34(13-4-1)49-52-50(35-14-5-2-6-15-35)54-51(53-49)39-17-11-16-36(30-39)33-22-26-40(27-23-33)55-45-20-9-7-18-41(45)44-31-37(25-29-46(44)55)38-24-28-43-42-19-8-10-21-47(42)56-48(43)32-38/h1-32H. The van der Waals surface area contributed by atoms with Crippen molar-refractivity contribution in [1.29, 1.82) is 0 Å². The molecule has 0 unspecified atom stereocenters. The third-order valence-electron chi connectivity index (χ3n) is 10.7. The van der Waals surface area contributed by atoms with Crippen LogP contribution in [0.1, 0.15) is 0 Å². The van der Waals surface area contributed by atoms with Crippen LogP contribution in [0, 0.1) is 0 Å². The fourth-order valence-corrected chi connectivity index (χ4v) is 7.91. The van der Waals surface area contributed by atoms with Crippen molar-refractivity contribution in [2.75, 3.05) is 0 Å². The number of hydrogen-bond donors (Lipinski definition) is 0. The second kappa shape index (κ2) is 13.0. The van der Waals surface area contributed by atoms with Crippen LogP contribution in [0.4, 0.5) is 0 Å². The van der Waals surface area contributed by atoms with Gasteiger partial charge in [-0.2, -0.15) is 0 Å². The SMILES string of the molecule is c1ccc(-c2nc(-c3ccccc3)nc(-c3cccc(-c4ccc(-n5c6ccccc6c6cc(-c7ccc8c(c7)oc7ccccc78)ccc65)cc4)c3)n2)cc1. The average molecular weight is 717 g/mol. The summed E-state index contributed by atoms with van der Waals surface area (Å²) in [4.78, 5) is 14.8. The van der Waals surface area contributed by atoms with Crippen LogP contribution in [0.25, 0.3) is 106 Å². The molecule has 11 rings (SSSR count). The van der Waals surface area contributed by atoms with E-state index in [0.29, 0.717) is 17.5 Å². The minimum Gasteiger partial charge on any atom is -0.456 e. The van der Waals surface area contributed by atoms with Gasteiger partial charge in [0, 0.05) is 43.9 Å². The predicted molar refractivity (Wildman–Crippen MR) is 229 cm³/mol. The van der Waals surface area contributed by atoms with Gasteiger partial charge in [-0.25, -0.2) is 15.0 Å². The number of aromatic nitrogens is 4. The molecule has 0 radical (unpaired) electrons. The molecule has 11 aromatic rings. The van der Waals surface area contributed by atoms with E-state index in [1.54, 1.807) is 0 Å². The van der Waals surface area contributed by atoms with Crippen LogP contribution in [0.2, 0.25) is 0 Å². The van der Waals surface area contributed by atoms with Gasteiger partial charge in [-0.1, -0.05) is 140 Å². The summed E-state index contributed by atoms with van der Waals surface area (Å²) in [5.74, 6) is 1.93. The molecule has 0 aliphatic rings. The van der Waals surface area contributed by atoms with Gasteiger partial charge in [0.25, 0.3) is 0 Å². The quantitative estimate of drug-likeness (QED) is 0.172. The van der Waals surface area contributed by atoms with Gasteiger partial charge in [0.15, 0.2) is 17.5 Å². The molecule has 0 aliphatic heterocycles. The summed E-state index contributed by atoms with van der Waals surface area (Å²) in [6.45, 7) is 0. The number of para-hydroxylation sites is 2. The highest BCUT2D eigenvalue weighted by Gasteiger charge is 2.16. The lowest BCUT2D eigenvalue weighted by atomic mass is 10.0. The summed E-state index contributed by atoms with van der Waals surface area (Å²) in [6.07, 6.45) is 0. The van der Waals surface area contributed by atoms with Crippen LogP contribution < -0.4 is 0 Å². The second-order valence-electron chi connectivity index (χ2n) is 14.1. The molecule has 0 aliphatic carbocycles. The van der Waals surface area contributed by atoms with Crippen molar-refractivity contribution in [2.24, 2.45) is 0 Å². The molecule has 262 valence electrons. The summed E-state index contributed by atoms with van der Waals surface area (Å²) < 4.78 is 8.59. The number of nitrogens with zero attached hydrogens (tertiary/aromatic N) is 4. The van der Waals surface area contributed by atoms with Crippen LogP contribution in [-0.2, 0) is 0 Å². The van der Waals surface area contributed by atoms with Gasteiger partial charge in [0.05, 0.1) is 11.0 Å². The summed E-state index contributed by atoms with van der Waals surface area (Å²) in [5, 5.41) is 4.70. The van der Waals surface area contributed by atoms with E-state index in [1.807, 2.05) is 72.8 Å². The smallest absolute Gasteiger partial charge is 0.164 e. The van der Waals surface area contributed by atoms with Crippen LogP contribution in [-0.4, -0.2) is 19.5 Å². The van der Waals surface area contributed by atoms with Gasteiger partial charge in [-0.05, 0) is 76.9 Å². The molecule has 3 aromatic heterocycles. The first-order valence-corrected chi connectivity index (χ1v) is 18.8. The number of furan rings is 1. The van der Waals surface area contributed by atoms with E-state index < -0.39 is 0 Å². The molecule has 0 N–H and O–H groups in total. The fourth-order valence-electron chi connectivity index (χ4n) is 7.91. The van der Waals surface area contributed by atoms with Gasteiger partial charge in [-0.3, -0.25) is 0 Å².